The van der Waals surface area contributed by atoms with Gasteiger partial charge in [0.15, 0.2) is 0 Å². The monoisotopic (exact) mass is 268 g/mol. The predicted octanol–water partition coefficient (Wildman–Crippen LogP) is 0.788. The van der Waals surface area contributed by atoms with Crippen molar-refractivity contribution in [1.29, 1.82) is 0 Å². The Morgan fingerprint density at radius 2 is 2.16 bits per heavy atom. The lowest BCUT2D eigenvalue weighted by atomic mass is 9.96. The van der Waals surface area contributed by atoms with Crippen LogP contribution in [0.1, 0.15) is 32.6 Å². The van der Waals surface area contributed by atoms with Crippen molar-refractivity contribution < 1.29 is 14.3 Å². The lowest BCUT2D eigenvalue weighted by Crippen LogP contribution is -2.45. The second-order valence-corrected chi connectivity index (χ2v) is 5.63. The van der Waals surface area contributed by atoms with Crippen LogP contribution in [0.3, 0.4) is 0 Å². The number of carbonyl (C=O) groups excluding carboxylic acids is 2. The molecular formula is C14H24N2O3. The Bertz CT molecular complexity index is 327. The van der Waals surface area contributed by atoms with Crippen molar-refractivity contribution in [2.45, 2.75) is 32.6 Å². The van der Waals surface area contributed by atoms with Gasteiger partial charge in [-0.1, -0.05) is 0 Å². The number of piperidine rings is 1. The summed E-state index contributed by atoms with van der Waals surface area (Å²) in [5.74, 6) is 0.571. The Labute approximate surface area is 114 Å². The summed E-state index contributed by atoms with van der Waals surface area (Å²) in [5, 5.41) is 3.02. The topological polar surface area (TPSA) is 58.6 Å². The average Bonchev–Trinajstić information content (AvgIpc) is 2.46. The highest BCUT2D eigenvalue weighted by Crippen LogP contribution is 2.17. The fraction of sp³-hybridized carbons (Fsp3) is 0.857. The summed E-state index contributed by atoms with van der Waals surface area (Å²) in [4.78, 5) is 25.2. The van der Waals surface area contributed by atoms with Crippen molar-refractivity contribution in [2.75, 3.05) is 32.8 Å². The Balaban J connectivity index is 1.74. The normalized spacial score (nSPS) is 27.9. The van der Waals surface area contributed by atoms with Crippen LogP contribution in [0.25, 0.3) is 0 Å². The summed E-state index contributed by atoms with van der Waals surface area (Å²) in [6.07, 6.45) is 4.02. The van der Waals surface area contributed by atoms with Crippen LogP contribution in [-0.4, -0.2) is 49.6 Å². The Hall–Kier alpha value is -1.10. The van der Waals surface area contributed by atoms with Crippen LogP contribution in [0.4, 0.5) is 0 Å². The lowest BCUT2D eigenvalue weighted by Gasteiger charge is -2.31. The van der Waals surface area contributed by atoms with Crippen LogP contribution >= 0.6 is 0 Å². The second-order valence-electron chi connectivity index (χ2n) is 5.63. The first-order valence-corrected chi connectivity index (χ1v) is 7.28. The number of hydrogen-bond acceptors (Lipinski definition) is 3. The van der Waals surface area contributed by atoms with Gasteiger partial charge in [0, 0.05) is 33.2 Å². The van der Waals surface area contributed by atoms with E-state index < -0.39 is 0 Å². The Morgan fingerprint density at radius 3 is 2.84 bits per heavy atom. The molecule has 0 bridgehead atoms. The molecule has 5 nitrogen and oxygen atoms in total. The summed E-state index contributed by atoms with van der Waals surface area (Å²) in [5.41, 5.74) is 0. The first-order valence-electron chi connectivity index (χ1n) is 7.28. The molecule has 108 valence electrons. The molecule has 2 rings (SSSR count). The number of likely N-dealkylation sites (tertiary alicyclic amines) is 1. The number of amides is 2. The van der Waals surface area contributed by atoms with Gasteiger partial charge in [-0.25, -0.2) is 0 Å². The standard InChI is InChI=1S/C14H24N2O3/c1-11(17)16-6-2-5-13(9-16)14(18)15-8-12-4-3-7-19-10-12/h12-13H,2-10H2,1H3,(H,15,18). The van der Waals surface area contributed by atoms with Crippen molar-refractivity contribution in [1.82, 2.24) is 10.2 Å². The summed E-state index contributed by atoms with van der Waals surface area (Å²) >= 11 is 0. The van der Waals surface area contributed by atoms with E-state index in [2.05, 4.69) is 5.32 Å². The van der Waals surface area contributed by atoms with Gasteiger partial charge in [0.2, 0.25) is 11.8 Å². The first kappa shape index (κ1) is 14.3. The number of rotatable bonds is 3. The quantitative estimate of drug-likeness (QED) is 0.823. The fourth-order valence-electron chi connectivity index (χ4n) is 2.83. The molecule has 0 saturated carbocycles. The largest absolute Gasteiger partial charge is 0.381 e. The average molecular weight is 268 g/mol. The molecule has 0 aliphatic carbocycles. The van der Waals surface area contributed by atoms with Gasteiger partial charge in [-0.3, -0.25) is 9.59 Å². The second kappa shape index (κ2) is 6.89. The van der Waals surface area contributed by atoms with Gasteiger partial charge in [0.25, 0.3) is 0 Å². The molecule has 0 spiro atoms. The van der Waals surface area contributed by atoms with Crippen molar-refractivity contribution >= 4 is 11.8 Å². The minimum absolute atomic E-state index is 0.0397. The molecule has 2 fully saturated rings. The molecular weight excluding hydrogens is 244 g/mol. The lowest BCUT2D eigenvalue weighted by molar-refractivity contribution is -0.134. The van der Waals surface area contributed by atoms with Crippen molar-refractivity contribution in [3.05, 3.63) is 0 Å². The van der Waals surface area contributed by atoms with Gasteiger partial charge in [-0.05, 0) is 31.6 Å². The van der Waals surface area contributed by atoms with E-state index in [-0.39, 0.29) is 17.7 Å². The van der Waals surface area contributed by atoms with E-state index in [1.807, 2.05) is 0 Å². The summed E-state index contributed by atoms with van der Waals surface area (Å²) < 4.78 is 5.40. The minimum atomic E-state index is -0.0397. The SMILES string of the molecule is CC(=O)N1CCCC(C(=O)NCC2CCCOC2)C1. The van der Waals surface area contributed by atoms with Gasteiger partial charge in [0.1, 0.15) is 0 Å². The van der Waals surface area contributed by atoms with Crippen LogP contribution in [0.2, 0.25) is 0 Å². The van der Waals surface area contributed by atoms with Crippen LogP contribution in [0, 0.1) is 11.8 Å². The zero-order chi connectivity index (χ0) is 13.7. The third-order valence-corrected chi connectivity index (χ3v) is 4.06. The molecule has 2 aliphatic rings. The highest BCUT2D eigenvalue weighted by molar-refractivity contribution is 5.80. The highest BCUT2D eigenvalue weighted by Gasteiger charge is 2.27. The van der Waals surface area contributed by atoms with Crippen LogP contribution in [0.15, 0.2) is 0 Å². The van der Waals surface area contributed by atoms with Crippen LogP contribution < -0.4 is 5.32 Å². The predicted molar refractivity (Wildman–Crippen MR) is 71.5 cm³/mol. The number of nitrogens with one attached hydrogen (secondary N) is 1. The highest BCUT2D eigenvalue weighted by atomic mass is 16.5. The fourth-order valence-corrected chi connectivity index (χ4v) is 2.83. The molecule has 2 heterocycles. The maximum atomic E-state index is 12.1. The van der Waals surface area contributed by atoms with Gasteiger partial charge >= 0.3 is 0 Å². The number of carbonyl (C=O) groups is 2. The molecule has 0 aromatic rings. The molecule has 19 heavy (non-hydrogen) atoms. The molecule has 1 N–H and O–H groups in total. The molecule has 0 aromatic carbocycles. The summed E-state index contributed by atoms with van der Waals surface area (Å²) in [6.45, 7) is 5.23. The smallest absolute Gasteiger partial charge is 0.224 e. The van der Waals surface area contributed by atoms with E-state index in [1.165, 1.54) is 0 Å². The van der Waals surface area contributed by atoms with Gasteiger partial charge < -0.3 is 15.0 Å². The molecule has 0 aromatic heterocycles. The zero-order valence-electron chi connectivity index (χ0n) is 11.7. The molecule has 2 unspecified atom stereocenters. The molecule has 2 saturated heterocycles. The zero-order valence-corrected chi connectivity index (χ0v) is 11.7. The molecule has 2 amide bonds. The van der Waals surface area contributed by atoms with Crippen molar-refractivity contribution in [3.8, 4) is 0 Å². The first-order chi connectivity index (χ1) is 9.16. The van der Waals surface area contributed by atoms with E-state index in [9.17, 15) is 9.59 Å². The third-order valence-electron chi connectivity index (χ3n) is 4.06. The maximum Gasteiger partial charge on any atom is 0.224 e. The number of hydrogen-bond donors (Lipinski definition) is 1. The third kappa shape index (κ3) is 4.20. The van der Waals surface area contributed by atoms with Gasteiger partial charge in [0.05, 0.1) is 12.5 Å². The number of nitrogens with zero attached hydrogens (tertiary/aromatic N) is 1. The van der Waals surface area contributed by atoms with E-state index in [0.29, 0.717) is 19.0 Å². The Kier molecular flexibility index (Phi) is 5.19. The van der Waals surface area contributed by atoms with E-state index in [0.717, 1.165) is 45.4 Å². The maximum absolute atomic E-state index is 12.1. The van der Waals surface area contributed by atoms with E-state index in [1.54, 1.807) is 11.8 Å². The van der Waals surface area contributed by atoms with Crippen LogP contribution in [0.5, 0.6) is 0 Å². The molecule has 5 heteroatoms. The van der Waals surface area contributed by atoms with E-state index >= 15 is 0 Å². The van der Waals surface area contributed by atoms with Gasteiger partial charge in [-0.2, -0.15) is 0 Å². The minimum Gasteiger partial charge on any atom is -0.381 e. The summed E-state index contributed by atoms with van der Waals surface area (Å²) in [7, 11) is 0. The van der Waals surface area contributed by atoms with Crippen molar-refractivity contribution in [2.24, 2.45) is 11.8 Å². The number of ether oxygens (including phenoxy) is 1. The summed E-state index contributed by atoms with van der Waals surface area (Å²) in [6, 6.07) is 0. The van der Waals surface area contributed by atoms with Crippen LogP contribution in [-0.2, 0) is 14.3 Å². The molecule has 2 atom stereocenters. The van der Waals surface area contributed by atoms with E-state index in [4.69, 9.17) is 4.74 Å². The molecule has 0 radical (unpaired) electrons. The van der Waals surface area contributed by atoms with Gasteiger partial charge in [-0.15, -0.1) is 0 Å². The van der Waals surface area contributed by atoms with Crippen molar-refractivity contribution in [3.63, 3.8) is 0 Å². The molecule has 2 aliphatic heterocycles. The Morgan fingerprint density at radius 1 is 1.32 bits per heavy atom.